The predicted molar refractivity (Wildman–Crippen MR) is 117 cm³/mol. The molecule has 1 unspecified atom stereocenters. The normalized spacial score (nSPS) is 11.9. The molecule has 1 amide bonds. The minimum absolute atomic E-state index is 0.0528. The van der Waals surface area contributed by atoms with Gasteiger partial charge in [0.2, 0.25) is 0 Å². The Kier molecular flexibility index (Phi) is 7.16. The summed E-state index contributed by atoms with van der Waals surface area (Å²) >= 11 is 0. The summed E-state index contributed by atoms with van der Waals surface area (Å²) < 4.78 is 11.0. The van der Waals surface area contributed by atoms with Gasteiger partial charge in [-0.3, -0.25) is 14.9 Å². The lowest BCUT2D eigenvalue weighted by molar-refractivity contribution is -0.384. The fraction of sp³-hybridized carbons (Fsp3) is 0.217. The molecule has 3 aromatic rings. The van der Waals surface area contributed by atoms with Gasteiger partial charge < -0.3 is 9.15 Å². The molecule has 0 saturated heterocycles. The number of carbonyl (C=O) groups is 1. The molecule has 31 heavy (non-hydrogen) atoms. The fourth-order valence-corrected chi connectivity index (χ4v) is 2.89. The Morgan fingerprint density at radius 1 is 1.19 bits per heavy atom. The van der Waals surface area contributed by atoms with Crippen LogP contribution in [0.5, 0.6) is 5.75 Å². The Labute approximate surface area is 179 Å². The number of nitrogens with zero attached hydrogens (tertiary/aromatic N) is 2. The first-order valence-electron chi connectivity index (χ1n) is 9.86. The molecule has 0 aliphatic heterocycles. The lowest BCUT2D eigenvalue weighted by Crippen LogP contribution is -2.24. The van der Waals surface area contributed by atoms with E-state index in [-0.39, 0.29) is 12.3 Å². The van der Waals surface area contributed by atoms with Crippen molar-refractivity contribution in [3.63, 3.8) is 0 Å². The van der Waals surface area contributed by atoms with Crippen molar-refractivity contribution in [3.05, 3.63) is 82.1 Å². The number of hydrogen-bond acceptors (Lipinski definition) is 6. The Hall–Kier alpha value is -3.94. The van der Waals surface area contributed by atoms with Crippen LogP contribution in [0.2, 0.25) is 0 Å². The van der Waals surface area contributed by atoms with Crippen LogP contribution in [-0.2, 0) is 4.79 Å². The number of hydrazone groups is 1. The number of carbonyl (C=O) groups excluding carboxylic acids is 1. The molecule has 0 aliphatic carbocycles. The van der Waals surface area contributed by atoms with Crippen molar-refractivity contribution in [1.29, 1.82) is 0 Å². The summed E-state index contributed by atoms with van der Waals surface area (Å²) in [7, 11) is 0. The van der Waals surface area contributed by atoms with E-state index in [1.54, 1.807) is 30.3 Å². The Morgan fingerprint density at radius 3 is 2.65 bits per heavy atom. The maximum atomic E-state index is 11.9. The van der Waals surface area contributed by atoms with Crippen LogP contribution in [0.1, 0.15) is 37.5 Å². The fourth-order valence-electron chi connectivity index (χ4n) is 2.89. The Balaban J connectivity index is 1.52. The van der Waals surface area contributed by atoms with E-state index in [0.29, 0.717) is 28.8 Å². The third-order valence-corrected chi connectivity index (χ3v) is 4.81. The molecular weight excluding hydrogens is 398 g/mol. The topological polar surface area (TPSA) is 107 Å². The van der Waals surface area contributed by atoms with Crippen LogP contribution < -0.4 is 10.2 Å². The Bertz CT molecular complexity index is 1070. The number of nitrogens with one attached hydrogen (secondary N) is 1. The smallest absolute Gasteiger partial charge is 0.280 e. The van der Waals surface area contributed by atoms with Crippen molar-refractivity contribution < 1.29 is 18.9 Å². The van der Waals surface area contributed by atoms with Gasteiger partial charge in [0.05, 0.1) is 16.7 Å². The summed E-state index contributed by atoms with van der Waals surface area (Å²) in [5, 5.41) is 15.0. The number of ether oxygens (including phenoxy) is 1. The molecule has 160 valence electrons. The molecule has 0 spiro atoms. The maximum Gasteiger partial charge on any atom is 0.280 e. The number of amides is 1. The van der Waals surface area contributed by atoms with Gasteiger partial charge in [0.15, 0.2) is 6.61 Å². The predicted octanol–water partition coefficient (Wildman–Crippen LogP) is 4.90. The molecule has 1 heterocycles. The first-order chi connectivity index (χ1) is 15.0. The molecule has 2 aromatic carbocycles. The first-order valence-corrected chi connectivity index (χ1v) is 9.86. The molecule has 0 fully saturated rings. The van der Waals surface area contributed by atoms with E-state index in [9.17, 15) is 14.9 Å². The van der Waals surface area contributed by atoms with Crippen LogP contribution in [0.25, 0.3) is 11.3 Å². The summed E-state index contributed by atoms with van der Waals surface area (Å²) in [5.41, 5.74) is 3.89. The summed E-state index contributed by atoms with van der Waals surface area (Å²) in [6.45, 7) is 4.11. The van der Waals surface area contributed by atoms with Gasteiger partial charge in [0.25, 0.3) is 11.6 Å². The number of nitro groups is 1. The van der Waals surface area contributed by atoms with Crippen molar-refractivity contribution in [2.75, 3.05) is 6.61 Å². The van der Waals surface area contributed by atoms with Gasteiger partial charge in [-0.2, -0.15) is 5.10 Å². The van der Waals surface area contributed by atoms with Gasteiger partial charge in [-0.1, -0.05) is 38.1 Å². The SMILES string of the molecule is CCC(C)c1ccc(OCC(=O)NN=Cc2ccc(-c3ccccc3[N+](=O)[O-])o2)cc1. The van der Waals surface area contributed by atoms with E-state index in [0.717, 1.165) is 6.42 Å². The van der Waals surface area contributed by atoms with Crippen molar-refractivity contribution in [2.45, 2.75) is 26.2 Å². The lowest BCUT2D eigenvalue weighted by atomic mass is 9.99. The van der Waals surface area contributed by atoms with Crippen LogP contribution >= 0.6 is 0 Å². The van der Waals surface area contributed by atoms with Crippen LogP contribution in [0.3, 0.4) is 0 Å². The largest absolute Gasteiger partial charge is 0.484 e. The van der Waals surface area contributed by atoms with E-state index in [1.165, 1.54) is 17.8 Å². The van der Waals surface area contributed by atoms with Gasteiger partial charge in [-0.15, -0.1) is 0 Å². The molecule has 0 bridgehead atoms. The molecule has 1 aromatic heterocycles. The van der Waals surface area contributed by atoms with E-state index in [2.05, 4.69) is 24.4 Å². The van der Waals surface area contributed by atoms with Crippen molar-refractivity contribution in [2.24, 2.45) is 5.10 Å². The third-order valence-electron chi connectivity index (χ3n) is 4.81. The summed E-state index contributed by atoms with van der Waals surface area (Å²) in [4.78, 5) is 22.6. The van der Waals surface area contributed by atoms with Crippen LogP contribution in [0.4, 0.5) is 5.69 Å². The second kappa shape index (κ2) is 10.2. The highest BCUT2D eigenvalue weighted by molar-refractivity contribution is 5.82. The molecule has 0 radical (unpaired) electrons. The number of rotatable bonds is 9. The van der Waals surface area contributed by atoms with Crippen LogP contribution in [0, 0.1) is 10.1 Å². The number of para-hydroxylation sites is 1. The van der Waals surface area contributed by atoms with Gasteiger partial charge in [0.1, 0.15) is 17.3 Å². The number of furan rings is 1. The first kappa shape index (κ1) is 21.8. The minimum Gasteiger partial charge on any atom is -0.484 e. The Morgan fingerprint density at radius 2 is 1.94 bits per heavy atom. The average Bonchev–Trinajstić information content (AvgIpc) is 3.26. The van der Waals surface area contributed by atoms with E-state index >= 15 is 0 Å². The highest BCUT2D eigenvalue weighted by Gasteiger charge is 2.16. The zero-order chi connectivity index (χ0) is 22.2. The quantitative estimate of drug-likeness (QED) is 0.300. The van der Waals surface area contributed by atoms with Crippen LogP contribution in [0.15, 0.2) is 70.2 Å². The van der Waals surface area contributed by atoms with Crippen molar-refractivity contribution >= 4 is 17.8 Å². The zero-order valence-electron chi connectivity index (χ0n) is 17.3. The summed E-state index contributed by atoms with van der Waals surface area (Å²) in [6.07, 6.45) is 2.37. The monoisotopic (exact) mass is 421 g/mol. The van der Waals surface area contributed by atoms with E-state index in [1.807, 2.05) is 24.3 Å². The second-order valence-corrected chi connectivity index (χ2v) is 6.94. The second-order valence-electron chi connectivity index (χ2n) is 6.94. The standard InChI is InChI=1S/C23H23N3O5/c1-3-16(2)17-8-10-18(11-9-17)30-15-23(27)25-24-14-19-12-13-22(31-19)20-6-4-5-7-21(20)26(28)29/h4-14,16H,3,15H2,1-2H3,(H,25,27). The van der Waals surface area contributed by atoms with E-state index in [4.69, 9.17) is 9.15 Å². The highest BCUT2D eigenvalue weighted by Crippen LogP contribution is 2.30. The molecule has 3 rings (SSSR count). The number of hydrogen-bond donors (Lipinski definition) is 1. The molecular formula is C23H23N3O5. The molecule has 0 aliphatic rings. The lowest BCUT2D eigenvalue weighted by Gasteiger charge is -2.10. The molecule has 8 heteroatoms. The zero-order valence-corrected chi connectivity index (χ0v) is 17.3. The summed E-state index contributed by atoms with van der Waals surface area (Å²) in [6, 6.07) is 17.2. The van der Waals surface area contributed by atoms with Crippen molar-refractivity contribution in [1.82, 2.24) is 5.43 Å². The van der Waals surface area contributed by atoms with Gasteiger partial charge >= 0.3 is 0 Å². The van der Waals surface area contributed by atoms with Crippen molar-refractivity contribution in [3.8, 4) is 17.1 Å². The molecule has 0 saturated carbocycles. The van der Waals surface area contributed by atoms with Crippen LogP contribution in [-0.4, -0.2) is 23.7 Å². The molecule has 1 N–H and O–H groups in total. The summed E-state index contributed by atoms with van der Waals surface area (Å²) in [5.74, 6) is 1.33. The van der Waals surface area contributed by atoms with E-state index < -0.39 is 10.8 Å². The highest BCUT2D eigenvalue weighted by atomic mass is 16.6. The van der Waals surface area contributed by atoms with Gasteiger partial charge in [-0.05, 0) is 48.2 Å². The molecule has 1 atom stereocenters. The minimum atomic E-state index is -0.468. The molecule has 8 nitrogen and oxygen atoms in total. The maximum absolute atomic E-state index is 11.9. The number of nitro benzene ring substituents is 1. The third kappa shape index (κ3) is 5.79. The number of benzene rings is 2. The van der Waals surface area contributed by atoms with Gasteiger partial charge in [0, 0.05) is 6.07 Å². The van der Waals surface area contributed by atoms with Gasteiger partial charge in [-0.25, -0.2) is 5.43 Å². The average molecular weight is 421 g/mol.